The van der Waals surface area contributed by atoms with Crippen molar-refractivity contribution in [2.24, 2.45) is 5.92 Å². The van der Waals surface area contributed by atoms with Crippen LogP contribution in [0.5, 0.6) is 5.75 Å². The maximum atomic E-state index is 11.8. The fourth-order valence-electron chi connectivity index (χ4n) is 1.30. The zero-order valence-corrected chi connectivity index (χ0v) is 13.2. The minimum absolute atomic E-state index is 0.257. The summed E-state index contributed by atoms with van der Waals surface area (Å²) in [5.41, 5.74) is -0.582. The first-order valence-corrected chi connectivity index (χ1v) is 6.84. The number of ether oxygens (including phenoxy) is 2. The van der Waals surface area contributed by atoms with Crippen molar-refractivity contribution < 1.29 is 14.3 Å². The van der Waals surface area contributed by atoms with E-state index in [1.165, 1.54) is 6.20 Å². The van der Waals surface area contributed by atoms with Crippen LogP contribution in [0.3, 0.4) is 0 Å². The summed E-state index contributed by atoms with van der Waals surface area (Å²) in [4.78, 5) is 15.8. The topological polar surface area (TPSA) is 60.5 Å². The normalized spacial score (nSPS) is 11.3. The Balaban J connectivity index is 2.83. The number of pyridine rings is 1. The van der Waals surface area contributed by atoms with Crippen LogP contribution < -0.4 is 10.1 Å². The van der Waals surface area contributed by atoms with Crippen LogP contribution in [0.4, 0.5) is 10.6 Å². The highest BCUT2D eigenvalue weighted by Crippen LogP contribution is 2.31. The fraction of sp³-hybridized carbons (Fsp3) is 0.571. The molecule has 0 aliphatic carbocycles. The van der Waals surface area contributed by atoms with Gasteiger partial charge in [-0.05, 0) is 32.8 Å². The lowest BCUT2D eigenvalue weighted by Gasteiger charge is -2.20. The molecule has 1 N–H and O–H groups in total. The Morgan fingerprint density at radius 3 is 2.65 bits per heavy atom. The Kier molecular flexibility index (Phi) is 5.62. The summed E-state index contributed by atoms with van der Waals surface area (Å²) in [6.45, 7) is 9.88. The van der Waals surface area contributed by atoms with E-state index in [0.717, 1.165) is 0 Å². The molecule has 5 nitrogen and oxygen atoms in total. The van der Waals surface area contributed by atoms with Gasteiger partial charge in [-0.25, -0.2) is 9.78 Å². The second-order valence-electron chi connectivity index (χ2n) is 5.80. The number of rotatable bonds is 4. The van der Waals surface area contributed by atoms with Crippen molar-refractivity contribution in [3.63, 3.8) is 0 Å². The summed E-state index contributed by atoms with van der Waals surface area (Å²) in [6, 6.07) is 1.61. The molecule has 1 heterocycles. The van der Waals surface area contributed by atoms with Crippen molar-refractivity contribution in [2.45, 2.75) is 40.2 Å². The minimum atomic E-state index is -0.596. The Hall–Kier alpha value is -1.49. The van der Waals surface area contributed by atoms with Crippen LogP contribution in [0, 0.1) is 5.92 Å². The Labute approximate surface area is 124 Å². The molecule has 112 valence electrons. The number of aromatic nitrogens is 1. The summed E-state index contributed by atoms with van der Waals surface area (Å²) in [5.74, 6) is 0.946. The number of halogens is 1. The average molecular weight is 301 g/mol. The second-order valence-corrected chi connectivity index (χ2v) is 6.21. The molecule has 0 radical (unpaired) electrons. The molecule has 0 spiro atoms. The van der Waals surface area contributed by atoms with Crippen LogP contribution in [0.1, 0.15) is 34.6 Å². The number of amides is 1. The molecule has 0 fully saturated rings. The average Bonchev–Trinajstić information content (AvgIpc) is 2.25. The Bertz CT molecular complexity index is 470. The van der Waals surface area contributed by atoms with Gasteiger partial charge in [0.15, 0.2) is 11.6 Å². The molecule has 6 heteroatoms. The molecular formula is C14H21ClN2O3. The number of nitrogens with zero attached hydrogens (tertiary/aromatic N) is 1. The van der Waals surface area contributed by atoms with Crippen LogP contribution in [0.15, 0.2) is 12.3 Å². The van der Waals surface area contributed by atoms with Crippen molar-refractivity contribution in [2.75, 3.05) is 11.9 Å². The number of anilines is 1. The van der Waals surface area contributed by atoms with E-state index < -0.39 is 11.7 Å². The second kappa shape index (κ2) is 6.79. The molecule has 0 aromatic carbocycles. The van der Waals surface area contributed by atoms with E-state index in [4.69, 9.17) is 21.1 Å². The number of nitrogens with one attached hydrogen (secondary N) is 1. The Morgan fingerprint density at radius 1 is 1.45 bits per heavy atom. The SMILES string of the molecule is CC(C)COc1c(Cl)ccnc1NC(=O)OC(C)(C)C. The highest BCUT2D eigenvalue weighted by molar-refractivity contribution is 6.32. The van der Waals surface area contributed by atoms with E-state index in [1.807, 2.05) is 13.8 Å². The third kappa shape index (κ3) is 5.65. The summed E-state index contributed by atoms with van der Waals surface area (Å²) in [6.07, 6.45) is 0.902. The molecule has 0 aliphatic rings. The highest BCUT2D eigenvalue weighted by Gasteiger charge is 2.19. The van der Waals surface area contributed by atoms with Gasteiger partial charge in [0.25, 0.3) is 0 Å². The van der Waals surface area contributed by atoms with Crippen molar-refractivity contribution in [1.82, 2.24) is 4.98 Å². The van der Waals surface area contributed by atoms with Gasteiger partial charge in [-0.2, -0.15) is 0 Å². The van der Waals surface area contributed by atoms with Crippen molar-refractivity contribution in [3.8, 4) is 5.75 Å². The predicted octanol–water partition coefficient (Wildman–Crippen LogP) is 4.12. The smallest absolute Gasteiger partial charge is 0.413 e. The van der Waals surface area contributed by atoms with Crippen LogP contribution in [-0.4, -0.2) is 23.3 Å². The monoisotopic (exact) mass is 300 g/mol. The van der Waals surface area contributed by atoms with Gasteiger partial charge < -0.3 is 9.47 Å². The third-order valence-corrected chi connectivity index (χ3v) is 2.33. The van der Waals surface area contributed by atoms with Crippen LogP contribution >= 0.6 is 11.6 Å². The van der Waals surface area contributed by atoms with Gasteiger partial charge in [-0.3, -0.25) is 5.32 Å². The summed E-state index contributed by atoms with van der Waals surface area (Å²) >= 11 is 6.07. The van der Waals surface area contributed by atoms with E-state index in [1.54, 1.807) is 26.8 Å². The molecule has 0 aliphatic heterocycles. The summed E-state index contributed by atoms with van der Waals surface area (Å²) in [7, 11) is 0. The van der Waals surface area contributed by atoms with Gasteiger partial charge in [0.1, 0.15) is 5.60 Å². The lowest BCUT2D eigenvalue weighted by atomic mass is 10.2. The first-order chi connectivity index (χ1) is 9.19. The highest BCUT2D eigenvalue weighted by atomic mass is 35.5. The number of hydrogen-bond acceptors (Lipinski definition) is 4. The van der Waals surface area contributed by atoms with Crippen molar-refractivity contribution >= 4 is 23.5 Å². The van der Waals surface area contributed by atoms with Crippen LogP contribution in [0.25, 0.3) is 0 Å². The van der Waals surface area contributed by atoms with Gasteiger partial charge >= 0.3 is 6.09 Å². The van der Waals surface area contributed by atoms with E-state index in [2.05, 4.69) is 10.3 Å². The molecule has 1 aromatic rings. The molecule has 0 saturated carbocycles. The van der Waals surface area contributed by atoms with E-state index in [-0.39, 0.29) is 5.82 Å². The molecule has 0 saturated heterocycles. The first-order valence-electron chi connectivity index (χ1n) is 6.46. The van der Waals surface area contributed by atoms with Crippen LogP contribution in [-0.2, 0) is 4.74 Å². The maximum absolute atomic E-state index is 11.8. The predicted molar refractivity (Wildman–Crippen MR) is 79.4 cm³/mol. The molecule has 1 amide bonds. The number of carbonyl (C=O) groups is 1. The van der Waals surface area contributed by atoms with Gasteiger partial charge in [0, 0.05) is 6.20 Å². The fourth-order valence-corrected chi connectivity index (χ4v) is 1.50. The number of carbonyl (C=O) groups excluding carboxylic acids is 1. The Morgan fingerprint density at radius 2 is 2.10 bits per heavy atom. The molecule has 1 aromatic heterocycles. The quantitative estimate of drug-likeness (QED) is 0.908. The largest absolute Gasteiger partial charge is 0.488 e. The molecule has 0 unspecified atom stereocenters. The molecule has 0 atom stereocenters. The van der Waals surface area contributed by atoms with E-state index in [0.29, 0.717) is 23.3 Å². The van der Waals surface area contributed by atoms with Crippen molar-refractivity contribution in [3.05, 3.63) is 17.3 Å². The third-order valence-electron chi connectivity index (χ3n) is 2.04. The minimum Gasteiger partial charge on any atom is -0.488 e. The van der Waals surface area contributed by atoms with Crippen LogP contribution in [0.2, 0.25) is 5.02 Å². The lowest BCUT2D eigenvalue weighted by Crippen LogP contribution is -2.27. The zero-order chi connectivity index (χ0) is 15.3. The molecule has 0 bridgehead atoms. The van der Waals surface area contributed by atoms with Gasteiger partial charge in [0.2, 0.25) is 0 Å². The lowest BCUT2D eigenvalue weighted by molar-refractivity contribution is 0.0634. The van der Waals surface area contributed by atoms with Gasteiger partial charge in [-0.1, -0.05) is 25.4 Å². The standard InChI is InChI=1S/C14H21ClN2O3/c1-9(2)8-19-11-10(15)6-7-16-12(11)17-13(18)20-14(3,4)5/h6-7,9H,8H2,1-5H3,(H,16,17,18). The van der Waals surface area contributed by atoms with E-state index >= 15 is 0 Å². The number of hydrogen-bond donors (Lipinski definition) is 1. The van der Waals surface area contributed by atoms with Gasteiger partial charge in [-0.15, -0.1) is 0 Å². The summed E-state index contributed by atoms with van der Waals surface area (Å²) < 4.78 is 10.8. The van der Waals surface area contributed by atoms with Gasteiger partial charge in [0.05, 0.1) is 11.6 Å². The first kappa shape index (κ1) is 16.6. The van der Waals surface area contributed by atoms with Crippen molar-refractivity contribution in [1.29, 1.82) is 0 Å². The summed E-state index contributed by atoms with van der Waals surface area (Å²) in [5, 5.41) is 2.95. The molecule has 1 rings (SSSR count). The maximum Gasteiger partial charge on any atom is 0.413 e. The zero-order valence-electron chi connectivity index (χ0n) is 12.5. The molecule has 20 heavy (non-hydrogen) atoms. The van der Waals surface area contributed by atoms with E-state index in [9.17, 15) is 4.79 Å². The molecular weight excluding hydrogens is 280 g/mol.